The second-order valence-electron chi connectivity index (χ2n) is 7.11. The largest absolute Gasteiger partial charge is 0.341 e. The van der Waals surface area contributed by atoms with E-state index < -0.39 is 5.41 Å². The van der Waals surface area contributed by atoms with Gasteiger partial charge in [-0.05, 0) is 31.1 Å². The molecule has 1 heterocycles. The van der Waals surface area contributed by atoms with Gasteiger partial charge in [0.25, 0.3) is 0 Å². The van der Waals surface area contributed by atoms with Gasteiger partial charge in [-0.15, -0.1) is 0 Å². The zero-order valence-corrected chi connectivity index (χ0v) is 13.8. The smallest absolute Gasteiger partial charge is 0.243 e. The zero-order chi connectivity index (χ0) is 15.3. The van der Waals surface area contributed by atoms with Crippen LogP contribution >= 0.6 is 0 Å². The Labute approximate surface area is 129 Å². The standard InChI is InChI=1S/C18H30N2O/c1-3-17(4-2)11-13-20(14-12-17)16(21)18(15-19)9-7-5-6-8-10-18/h3-14H2,1-2H3. The topological polar surface area (TPSA) is 44.1 Å². The van der Waals surface area contributed by atoms with E-state index in [9.17, 15) is 10.1 Å². The van der Waals surface area contributed by atoms with Crippen LogP contribution in [0.5, 0.6) is 0 Å². The fraction of sp³-hybridized carbons (Fsp3) is 0.889. The van der Waals surface area contributed by atoms with Crippen molar-refractivity contribution < 1.29 is 4.79 Å². The van der Waals surface area contributed by atoms with Crippen molar-refractivity contribution in [3.8, 4) is 6.07 Å². The van der Waals surface area contributed by atoms with Crippen molar-refractivity contribution >= 4 is 5.91 Å². The average molecular weight is 290 g/mol. The first-order valence-electron chi connectivity index (χ1n) is 8.82. The number of likely N-dealkylation sites (tertiary alicyclic amines) is 1. The Balaban J connectivity index is 2.05. The Morgan fingerprint density at radius 3 is 1.95 bits per heavy atom. The van der Waals surface area contributed by atoms with E-state index in [0.717, 1.165) is 51.6 Å². The number of hydrogen-bond acceptors (Lipinski definition) is 2. The summed E-state index contributed by atoms with van der Waals surface area (Å²) in [4.78, 5) is 14.9. The lowest BCUT2D eigenvalue weighted by molar-refractivity contribution is -0.142. The third-order valence-corrected chi connectivity index (χ3v) is 6.19. The van der Waals surface area contributed by atoms with Gasteiger partial charge >= 0.3 is 0 Å². The van der Waals surface area contributed by atoms with Crippen molar-refractivity contribution in [2.75, 3.05) is 13.1 Å². The van der Waals surface area contributed by atoms with E-state index in [1.807, 2.05) is 4.90 Å². The van der Waals surface area contributed by atoms with Gasteiger partial charge in [-0.25, -0.2) is 0 Å². The molecule has 2 fully saturated rings. The maximum Gasteiger partial charge on any atom is 0.243 e. The number of carbonyl (C=O) groups is 1. The van der Waals surface area contributed by atoms with Crippen LogP contribution in [0.2, 0.25) is 0 Å². The number of nitrogens with zero attached hydrogens (tertiary/aromatic N) is 2. The summed E-state index contributed by atoms with van der Waals surface area (Å²) in [5.41, 5.74) is -0.283. The number of amides is 1. The minimum atomic E-state index is -0.713. The van der Waals surface area contributed by atoms with Crippen LogP contribution in [0.1, 0.15) is 78.1 Å². The number of hydrogen-bond donors (Lipinski definition) is 0. The van der Waals surface area contributed by atoms with Crippen molar-refractivity contribution in [2.45, 2.75) is 78.1 Å². The van der Waals surface area contributed by atoms with Gasteiger partial charge < -0.3 is 4.90 Å². The van der Waals surface area contributed by atoms with Crippen LogP contribution in [0, 0.1) is 22.2 Å². The fourth-order valence-electron chi connectivity index (χ4n) is 4.15. The summed E-state index contributed by atoms with van der Waals surface area (Å²) in [7, 11) is 0. The van der Waals surface area contributed by atoms with Crippen LogP contribution in [0.15, 0.2) is 0 Å². The molecule has 0 aromatic carbocycles. The molecule has 1 saturated heterocycles. The van der Waals surface area contributed by atoms with Gasteiger partial charge in [0.2, 0.25) is 5.91 Å². The van der Waals surface area contributed by atoms with E-state index in [1.165, 1.54) is 25.7 Å². The monoisotopic (exact) mass is 290 g/mol. The average Bonchev–Trinajstić information content (AvgIpc) is 2.81. The molecule has 3 nitrogen and oxygen atoms in total. The molecular formula is C18H30N2O. The second kappa shape index (κ2) is 6.81. The van der Waals surface area contributed by atoms with Crippen molar-refractivity contribution in [2.24, 2.45) is 10.8 Å². The van der Waals surface area contributed by atoms with Crippen molar-refractivity contribution in [1.82, 2.24) is 4.90 Å². The van der Waals surface area contributed by atoms with E-state index >= 15 is 0 Å². The summed E-state index contributed by atoms with van der Waals surface area (Å²) in [5, 5.41) is 9.67. The Kier molecular flexibility index (Phi) is 5.30. The van der Waals surface area contributed by atoms with E-state index in [1.54, 1.807) is 0 Å². The molecule has 2 rings (SSSR count). The summed E-state index contributed by atoms with van der Waals surface area (Å²) < 4.78 is 0. The van der Waals surface area contributed by atoms with Gasteiger partial charge in [0.05, 0.1) is 6.07 Å². The molecule has 0 radical (unpaired) electrons. The SMILES string of the molecule is CCC1(CC)CCN(C(=O)C2(C#N)CCCCCC2)CC1. The van der Waals surface area contributed by atoms with E-state index in [0.29, 0.717) is 5.41 Å². The van der Waals surface area contributed by atoms with E-state index in [-0.39, 0.29) is 5.91 Å². The highest BCUT2D eigenvalue weighted by Gasteiger charge is 2.43. The molecule has 0 bridgehead atoms. The number of nitriles is 1. The van der Waals surface area contributed by atoms with Gasteiger partial charge in [-0.1, -0.05) is 52.4 Å². The first-order valence-corrected chi connectivity index (χ1v) is 8.82. The summed E-state index contributed by atoms with van der Waals surface area (Å²) in [6, 6.07) is 2.41. The van der Waals surface area contributed by atoms with Gasteiger partial charge in [0.15, 0.2) is 0 Å². The molecule has 0 aromatic rings. The predicted octanol–water partition coefficient (Wildman–Crippen LogP) is 4.28. The predicted molar refractivity (Wildman–Crippen MR) is 84.6 cm³/mol. The van der Waals surface area contributed by atoms with Crippen LogP contribution in [0.4, 0.5) is 0 Å². The summed E-state index contributed by atoms with van der Waals surface area (Å²) in [6.07, 6.45) is 10.6. The molecule has 1 amide bonds. The third-order valence-electron chi connectivity index (χ3n) is 6.19. The molecule has 21 heavy (non-hydrogen) atoms. The fourth-order valence-corrected chi connectivity index (χ4v) is 4.15. The molecule has 1 aliphatic heterocycles. The van der Waals surface area contributed by atoms with Crippen LogP contribution in [0.3, 0.4) is 0 Å². The normalized spacial score (nSPS) is 24.9. The van der Waals surface area contributed by atoms with Gasteiger partial charge in [-0.3, -0.25) is 4.79 Å². The molecule has 118 valence electrons. The molecule has 0 unspecified atom stereocenters. The highest BCUT2D eigenvalue weighted by Crippen LogP contribution is 2.41. The number of carbonyl (C=O) groups excluding carboxylic acids is 1. The molecule has 0 N–H and O–H groups in total. The lowest BCUT2D eigenvalue weighted by Gasteiger charge is -2.43. The highest BCUT2D eigenvalue weighted by molar-refractivity contribution is 5.85. The zero-order valence-electron chi connectivity index (χ0n) is 13.8. The first kappa shape index (κ1) is 16.3. The Hall–Kier alpha value is -1.04. The molecular weight excluding hydrogens is 260 g/mol. The van der Waals surface area contributed by atoms with E-state index in [4.69, 9.17) is 0 Å². The lowest BCUT2D eigenvalue weighted by Crippen LogP contribution is -2.49. The van der Waals surface area contributed by atoms with Gasteiger partial charge in [0, 0.05) is 13.1 Å². The molecule has 0 spiro atoms. The van der Waals surface area contributed by atoms with Crippen molar-refractivity contribution in [3.05, 3.63) is 0 Å². The van der Waals surface area contributed by atoms with Crippen molar-refractivity contribution in [1.29, 1.82) is 5.26 Å². The highest BCUT2D eigenvalue weighted by atomic mass is 16.2. The maximum absolute atomic E-state index is 13.0. The minimum Gasteiger partial charge on any atom is -0.341 e. The summed E-state index contributed by atoms with van der Waals surface area (Å²) in [6.45, 7) is 6.24. The Morgan fingerprint density at radius 2 is 1.52 bits per heavy atom. The molecule has 1 aliphatic carbocycles. The molecule has 3 heteroatoms. The summed E-state index contributed by atoms with van der Waals surface area (Å²) >= 11 is 0. The number of piperidine rings is 1. The van der Waals surface area contributed by atoms with E-state index in [2.05, 4.69) is 19.9 Å². The lowest BCUT2D eigenvalue weighted by atomic mass is 9.73. The van der Waals surface area contributed by atoms with Crippen LogP contribution in [-0.4, -0.2) is 23.9 Å². The minimum absolute atomic E-state index is 0.132. The molecule has 0 aromatic heterocycles. The number of rotatable bonds is 3. The van der Waals surface area contributed by atoms with Crippen LogP contribution in [0.25, 0.3) is 0 Å². The Morgan fingerprint density at radius 1 is 1.00 bits per heavy atom. The van der Waals surface area contributed by atoms with Crippen LogP contribution in [-0.2, 0) is 4.79 Å². The van der Waals surface area contributed by atoms with Gasteiger partial charge in [0.1, 0.15) is 5.41 Å². The summed E-state index contributed by atoms with van der Waals surface area (Å²) in [5.74, 6) is 0.132. The molecule has 2 aliphatic rings. The van der Waals surface area contributed by atoms with Crippen LogP contribution < -0.4 is 0 Å². The quantitative estimate of drug-likeness (QED) is 0.728. The van der Waals surface area contributed by atoms with Crippen molar-refractivity contribution in [3.63, 3.8) is 0 Å². The molecule has 0 atom stereocenters. The maximum atomic E-state index is 13.0. The second-order valence-corrected chi connectivity index (χ2v) is 7.11. The Bertz CT molecular complexity index is 388. The third kappa shape index (κ3) is 3.25. The van der Waals surface area contributed by atoms with Gasteiger partial charge in [-0.2, -0.15) is 5.26 Å². The first-order chi connectivity index (χ1) is 10.1. The molecule has 1 saturated carbocycles.